The van der Waals surface area contributed by atoms with Crippen LogP contribution in [-0.4, -0.2) is 20.9 Å². The smallest absolute Gasteiger partial charge is 0.337 e. The van der Waals surface area contributed by atoms with Crippen molar-refractivity contribution < 1.29 is 9.90 Å². The van der Waals surface area contributed by atoms with E-state index in [9.17, 15) is 4.79 Å². The van der Waals surface area contributed by atoms with Crippen LogP contribution in [0.15, 0.2) is 30.6 Å². The molecule has 0 unspecified atom stereocenters. The predicted molar refractivity (Wildman–Crippen MR) is 69.6 cm³/mol. The van der Waals surface area contributed by atoms with E-state index in [4.69, 9.17) is 16.7 Å². The molecular weight excluding hydrogens is 254 g/mol. The lowest BCUT2D eigenvalue weighted by atomic mass is 10.2. The molecule has 6 heteroatoms. The molecule has 18 heavy (non-hydrogen) atoms. The van der Waals surface area contributed by atoms with E-state index < -0.39 is 5.97 Å². The van der Waals surface area contributed by atoms with Gasteiger partial charge in [0.15, 0.2) is 0 Å². The van der Waals surface area contributed by atoms with Crippen molar-refractivity contribution in [2.45, 2.75) is 13.5 Å². The summed E-state index contributed by atoms with van der Waals surface area (Å²) >= 11 is 5.87. The number of nitrogens with zero attached hydrogens (tertiary/aromatic N) is 2. The van der Waals surface area contributed by atoms with E-state index in [0.29, 0.717) is 10.7 Å². The summed E-state index contributed by atoms with van der Waals surface area (Å²) in [5.41, 5.74) is 1.34. The molecule has 2 N–H and O–H groups in total. The number of anilines is 2. The predicted octanol–water partition coefficient (Wildman–Crippen LogP) is 3.00. The summed E-state index contributed by atoms with van der Waals surface area (Å²) in [5, 5.41) is 16.7. The largest absolute Gasteiger partial charge is 0.478 e. The Morgan fingerprint density at radius 3 is 2.94 bits per heavy atom. The van der Waals surface area contributed by atoms with Gasteiger partial charge in [0.2, 0.25) is 0 Å². The first-order valence-electron chi connectivity index (χ1n) is 5.42. The van der Waals surface area contributed by atoms with E-state index in [1.807, 2.05) is 6.92 Å². The second-order valence-electron chi connectivity index (χ2n) is 3.70. The average molecular weight is 266 g/mol. The van der Waals surface area contributed by atoms with Gasteiger partial charge in [-0.15, -0.1) is 0 Å². The lowest BCUT2D eigenvalue weighted by Gasteiger charge is -2.07. The van der Waals surface area contributed by atoms with E-state index in [1.165, 1.54) is 6.07 Å². The van der Waals surface area contributed by atoms with Crippen molar-refractivity contribution in [3.8, 4) is 0 Å². The third-order valence-electron chi connectivity index (χ3n) is 2.45. The summed E-state index contributed by atoms with van der Waals surface area (Å²) < 4.78 is 1.74. The maximum absolute atomic E-state index is 11.1. The lowest BCUT2D eigenvalue weighted by Crippen LogP contribution is -2.02. The molecule has 0 fully saturated rings. The Morgan fingerprint density at radius 2 is 2.33 bits per heavy atom. The molecule has 1 aromatic heterocycles. The van der Waals surface area contributed by atoms with Crippen molar-refractivity contribution >= 4 is 28.9 Å². The van der Waals surface area contributed by atoms with Crippen molar-refractivity contribution in [3.05, 3.63) is 41.2 Å². The van der Waals surface area contributed by atoms with E-state index in [2.05, 4.69) is 10.4 Å². The van der Waals surface area contributed by atoms with Crippen LogP contribution >= 0.6 is 11.6 Å². The topological polar surface area (TPSA) is 67.2 Å². The molecule has 2 aromatic rings. The molecule has 1 heterocycles. The molecule has 1 aromatic carbocycles. The van der Waals surface area contributed by atoms with Crippen LogP contribution in [0.4, 0.5) is 11.4 Å². The molecule has 0 atom stereocenters. The van der Waals surface area contributed by atoms with Gasteiger partial charge in [0, 0.05) is 17.8 Å². The van der Waals surface area contributed by atoms with Crippen LogP contribution in [0.25, 0.3) is 0 Å². The number of aryl methyl sites for hydroxylation is 1. The Morgan fingerprint density at radius 1 is 1.56 bits per heavy atom. The monoisotopic (exact) mass is 265 g/mol. The number of hydrogen-bond donors (Lipinski definition) is 2. The molecule has 0 aliphatic rings. The summed E-state index contributed by atoms with van der Waals surface area (Å²) in [6.07, 6.45) is 3.43. The zero-order valence-electron chi connectivity index (χ0n) is 9.72. The van der Waals surface area contributed by atoms with Crippen molar-refractivity contribution in [2.24, 2.45) is 0 Å². The van der Waals surface area contributed by atoms with E-state index in [-0.39, 0.29) is 5.56 Å². The fourth-order valence-electron chi connectivity index (χ4n) is 1.56. The van der Waals surface area contributed by atoms with Gasteiger partial charge in [-0.1, -0.05) is 11.6 Å². The zero-order valence-corrected chi connectivity index (χ0v) is 10.5. The second-order valence-corrected chi connectivity index (χ2v) is 4.14. The summed E-state index contributed by atoms with van der Waals surface area (Å²) in [4.78, 5) is 11.1. The number of benzene rings is 1. The molecule has 0 amide bonds. The minimum atomic E-state index is -1.00. The van der Waals surface area contributed by atoms with Gasteiger partial charge < -0.3 is 10.4 Å². The molecule has 0 aliphatic carbocycles. The van der Waals surface area contributed by atoms with Crippen molar-refractivity contribution in [3.63, 3.8) is 0 Å². The highest BCUT2D eigenvalue weighted by molar-refractivity contribution is 6.31. The van der Waals surface area contributed by atoms with Crippen molar-refractivity contribution in [1.82, 2.24) is 9.78 Å². The Hall–Kier alpha value is -2.01. The molecule has 5 nitrogen and oxygen atoms in total. The fourth-order valence-corrected chi connectivity index (χ4v) is 1.74. The highest BCUT2D eigenvalue weighted by Crippen LogP contribution is 2.24. The van der Waals surface area contributed by atoms with Gasteiger partial charge in [-0.2, -0.15) is 5.10 Å². The number of aromatic nitrogens is 2. The minimum Gasteiger partial charge on any atom is -0.478 e. The van der Waals surface area contributed by atoms with E-state index >= 15 is 0 Å². The van der Waals surface area contributed by atoms with Gasteiger partial charge in [0.25, 0.3) is 0 Å². The maximum Gasteiger partial charge on any atom is 0.337 e. The summed E-state index contributed by atoms with van der Waals surface area (Å²) in [7, 11) is 0. The second kappa shape index (κ2) is 5.10. The quantitative estimate of drug-likeness (QED) is 0.892. The maximum atomic E-state index is 11.1. The number of aromatic carboxylic acids is 1. The molecule has 0 spiro atoms. The summed E-state index contributed by atoms with van der Waals surface area (Å²) in [6, 6.07) is 4.59. The number of hydrogen-bond acceptors (Lipinski definition) is 3. The van der Waals surface area contributed by atoms with Crippen LogP contribution < -0.4 is 5.32 Å². The number of carboxylic acids is 1. The van der Waals surface area contributed by atoms with E-state index in [0.717, 1.165) is 12.2 Å². The average Bonchev–Trinajstić information content (AvgIpc) is 2.76. The number of carboxylic acid groups (broad SMARTS) is 1. The third-order valence-corrected chi connectivity index (χ3v) is 2.68. The molecular formula is C12H12ClN3O2. The molecule has 94 valence electrons. The SMILES string of the molecule is CCn1cc(Nc2cc(Cl)ccc2C(=O)O)cn1. The van der Waals surface area contributed by atoms with Gasteiger partial charge in [0.05, 0.1) is 23.1 Å². The lowest BCUT2D eigenvalue weighted by molar-refractivity contribution is 0.0698. The van der Waals surface area contributed by atoms with E-state index in [1.54, 1.807) is 29.2 Å². The van der Waals surface area contributed by atoms with Gasteiger partial charge in [-0.3, -0.25) is 4.68 Å². The summed E-state index contributed by atoms with van der Waals surface area (Å²) in [5.74, 6) is -1.00. The normalized spacial score (nSPS) is 10.3. The Balaban J connectivity index is 2.32. The van der Waals surface area contributed by atoms with Crippen LogP contribution in [0.5, 0.6) is 0 Å². The molecule has 0 radical (unpaired) electrons. The van der Waals surface area contributed by atoms with Crippen LogP contribution in [0, 0.1) is 0 Å². The molecule has 0 saturated heterocycles. The number of nitrogens with one attached hydrogen (secondary N) is 1. The van der Waals surface area contributed by atoms with Crippen LogP contribution in [0.2, 0.25) is 5.02 Å². The minimum absolute atomic E-state index is 0.170. The molecule has 0 saturated carbocycles. The highest BCUT2D eigenvalue weighted by atomic mass is 35.5. The molecule has 0 bridgehead atoms. The van der Waals surface area contributed by atoms with Gasteiger partial charge in [0.1, 0.15) is 0 Å². The number of carbonyl (C=O) groups is 1. The Kier molecular flexibility index (Phi) is 3.53. The summed E-state index contributed by atoms with van der Waals surface area (Å²) in [6.45, 7) is 2.72. The number of halogens is 1. The van der Waals surface area contributed by atoms with Crippen molar-refractivity contribution in [1.29, 1.82) is 0 Å². The first kappa shape index (κ1) is 12.4. The van der Waals surface area contributed by atoms with Crippen molar-refractivity contribution in [2.75, 3.05) is 5.32 Å². The third kappa shape index (κ3) is 2.62. The van der Waals surface area contributed by atoms with Gasteiger partial charge in [-0.05, 0) is 25.1 Å². The van der Waals surface area contributed by atoms with Crippen LogP contribution in [0.3, 0.4) is 0 Å². The Bertz CT molecular complexity index is 580. The standard InChI is InChI=1S/C12H12ClN3O2/c1-2-16-7-9(6-14-16)15-11-5-8(13)3-4-10(11)12(17)18/h3-7,15H,2H2,1H3,(H,17,18). The van der Waals surface area contributed by atoms with Gasteiger partial charge >= 0.3 is 5.97 Å². The zero-order chi connectivity index (χ0) is 13.1. The first-order valence-corrected chi connectivity index (χ1v) is 5.80. The van der Waals surface area contributed by atoms with Crippen LogP contribution in [-0.2, 0) is 6.54 Å². The highest BCUT2D eigenvalue weighted by Gasteiger charge is 2.11. The van der Waals surface area contributed by atoms with Crippen LogP contribution in [0.1, 0.15) is 17.3 Å². The molecule has 2 rings (SSSR count). The Labute approximate surface area is 109 Å². The fraction of sp³-hybridized carbons (Fsp3) is 0.167. The first-order chi connectivity index (χ1) is 8.60. The number of rotatable bonds is 4. The molecule has 0 aliphatic heterocycles. The van der Waals surface area contributed by atoms with Gasteiger partial charge in [-0.25, -0.2) is 4.79 Å².